The Balaban J connectivity index is 1.67. The second-order valence-electron chi connectivity index (χ2n) is 6.04. The number of piperazine rings is 1. The number of nitrogens with one attached hydrogen (secondary N) is 2. The number of nitrogens with two attached hydrogens (primary N) is 1. The van der Waals surface area contributed by atoms with Gasteiger partial charge in [0, 0.05) is 32.2 Å². The van der Waals surface area contributed by atoms with Gasteiger partial charge in [-0.1, -0.05) is 18.3 Å². The molecule has 0 aromatic carbocycles. The van der Waals surface area contributed by atoms with E-state index in [0.717, 1.165) is 44.2 Å². The summed E-state index contributed by atoms with van der Waals surface area (Å²) < 4.78 is 0. The van der Waals surface area contributed by atoms with Gasteiger partial charge in [-0.25, -0.2) is 4.98 Å². The molecule has 0 bridgehead atoms. The third-order valence-electron chi connectivity index (χ3n) is 4.27. The highest BCUT2D eigenvalue weighted by molar-refractivity contribution is 7.18. The first-order chi connectivity index (χ1) is 10.1. The molecule has 1 aromatic rings. The average molecular weight is 309 g/mol. The van der Waals surface area contributed by atoms with E-state index in [2.05, 4.69) is 27.4 Å². The maximum atomic E-state index is 12.4. The average Bonchev–Trinajstić information content (AvgIpc) is 3.06. The minimum atomic E-state index is -0.0644. The van der Waals surface area contributed by atoms with Gasteiger partial charge in [-0.3, -0.25) is 4.79 Å². The highest BCUT2D eigenvalue weighted by atomic mass is 32.1. The highest BCUT2D eigenvalue weighted by Crippen LogP contribution is 2.30. The molecule has 1 aliphatic carbocycles. The molecule has 1 saturated carbocycles. The van der Waals surface area contributed by atoms with Crippen LogP contribution in [0.25, 0.3) is 0 Å². The van der Waals surface area contributed by atoms with E-state index < -0.39 is 0 Å². The zero-order valence-electron chi connectivity index (χ0n) is 12.4. The van der Waals surface area contributed by atoms with E-state index in [1.807, 2.05) is 0 Å². The Morgan fingerprint density at radius 1 is 1.43 bits per heavy atom. The Morgan fingerprint density at radius 2 is 2.19 bits per heavy atom. The number of aromatic nitrogens is 1. The summed E-state index contributed by atoms with van der Waals surface area (Å²) in [5.41, 5.74) is 5.95. The lowest BCUT2D eigenvalue weighted by Gasteiger charge is -2.26. The first kappa shape index (κ1) is 14.6. The van der Waals surface area contributed by atoms with Gasteiger partial charge in [-0.05, 0) is 25.2 Å². The molecule has 2 atom stereocenters. The van der Waals surface area contributed by atoms with Crippen LogP contribution < -0.4 is 21.3 Å². The standard InChI is InChI=1S/C14H23N5OS/c1-9-2-3-10(8-9)17-13(20)11-12(15)18-14(21-11)19-6-4-16-5-7-19/h9-10,16H,2-8,15H2,1H3,(H,17,20). The van der Waals surface area contributed by atoms with Gasteiger partial charge in [0.15, 0.2) is 5.13 Å². The molecule has 0 radical (unpaired) electrons. The second-order valence-corrected chi connectivity index (χ2v) is 7.01. The fraction of sp³-hybridized carbons (Fsp3) is 0.714. The van der Waals surface area contributed by atoms with Gasteiger partial charge in [0.2, 0.25) is 0 Å². The second kappa shape index (κ2) is 6.19. The third kappa shape index (κ3) is 3.29. The lowest BCUT2D eigenvalue weighted by Crippen LogP contribution is -2.43. The number of anilines is 2. The van der Waals surface area contributed by atoms with Gasteiger partial charge in [0.25, 0.3) is 5.91 Å². The topological polar surface area (TPSA) is 83.3 Å². The zero-order valence-corrected chi connectivity index (χ0v) is 13.2. The molecule has 3 rings (SSSR count). The first-order valence-corrected chi connectivity index (χ1v) is 8.48. The van der Waals surface area contributed by atoms with Crippen LogP contribution in [0.4, 0.5) is 10.9 Å². The van der Waals surface area contributed by atoms with E-state index in [1.54, 1.807) is 0 Å². The molecule has 2 unspecified atom stereocenters. The number of amides is 1. The fourth-order valence-corrected chi connectivity index (χ4v) is 4.00. The van der Waals surface area contributed by atoms with Crippen LogP contribution in [0, 0.1) is 5.92 Å². The van der Waals surface area contributed by atoms with Crippen LogP contribution in [0.1, 0.15) is 35.9 Å². The Kier molecular flexibility index (Phi) is 4.30. The lowest BCUT2D eigenvalue weighted by molar-refractivity contribution is 0.0942. The Labute approximate surface area is 129 Å². The molecule has 1 aliphatic heterocycles. The largest absolute Gasteiger partial charge is 0.382 e. The number of carbonyl (C=O) groups excluding carboxylic acids is 1. The van der Waals surface area contributed by atoms with E-state index in [9.17, 15) is 4.79 Å². The summed E-state index contributed by atoms with van der Waals surface area (Å²) >= 11 is 1.41. The zero-order chi connectivity index (χ0) is 14.8. The van der Waals surface area contributed by atoms with Crippen LogP contribution >= 0.6 is 11.3 Å². The highest BCUT2D eigenvalue weighted by Gasteiger charge is 2.26. The molecule has 7 heteroatoms. The van der Waals surface area contributed by atoms with Crippen molar-refractivity contribution in [2.45, 2.75) is 32.2 Å². The maximum Gasteiger partial charge on any atom is 0.265 e. The predicted octanol–water partition coefficient (Wildman–Crippen LogP) is 1.05. The van der Waals surface area contributed by atoms with E-state index >= 15 is 0 Å². The van der Waals surface area contributed by atoms with E-state index in [-0.39, 0.29) is 11.9 Å². The van der Waals surface area contributed by atoms with Crippen molar-refractivity contribution in [2.24, 2.45) is 5.92 Å². The minimum absolute atomic E-state index is 0.0644. The van der Waals surface area contributed by atoms with Crippen molar-refractivity contribution in [3.8, 4) is 0 Å². The predicted molar refractivity (Wildman–Crippen MR) is 85.9 cm³/mol. The summed E-state index contributed by atoms with van der Waals surface area (Å²) in [5, 5.41) is 7.27. The normalized spacial score (nSPS) is 26.0. The number of thiazole rings is 1. The van der Waals surface area contributed by atoms with Crippen LogP contribution in [0.15, 0.2) is 0 Å². The molecular formula is C14H23N5OS. The summed E-state index contributed by atoms with van der Waals surface area (Å²) in [6.45, 7) is 5.94. The van der Waals surface area contributed by atoms with Crippen LogP contribution in [-0.4, -0.2) is 43.1 Å². The van der Waals surface area contributed by atoms with Crippen molar-refractivity contribution in [3.05, 3.63) is 4.88 Å². The molecule has 0 spiro atoms. The van der Waals surface area contributed by atoms with E-state index in [0.29, 0.717) is 16.6 Å². The van der Waals surface area contributed by atoms with Gasteiger partial charge in [-0.2, -0.15) is 0 Å². The summed E-state index contributed by atoms with van der Waals surface area (Å²) in [6.07, 6.45) is 3.32. The van der Waals surface area contributed by atoms with Gasteiger partial charge < -0.3 is 21.3 Å². The molecule has 6 nitrogen and oxygen atoms in total. The Morgan fingerprint density at radius 3 is 2.86 bits per heavy atom. The number of rotatable bonds is 3. The molecule has 2 heterocycles. The molecule has 2 aliphatic rings. The summed E-state index contributed by atoms with van der Waals surface area (Å²) in [4.78, 5) is 19.5. The fourth-order valence-electron chi connectivity index (χ4n) is 3.06. The quantitative estimate of drug-likeness (QED) is 0.777. The Hall–Kier alpha value is -1.34. The molecule has 4 N–H and O–H groups in total. The molecule has 1 amide bonds. The molecule has 2 fully saturated rings. The molecule has 1 aromatic heterocycles. The molecular weight excluding hydrogens is 286 g/mol. The van der Waals surface area contributed by atoms with Crippen molar-refractivity contribution in [2.75, 3.05) is 36.8 Å². The molecule has 116 valence electrons. The van der Waals surface area contributed by atoms with Crippen molar-refractivity contribution in [3.63, 3.8) is 0 Å². The van der Waals surface area contributed by atoms with Crippen LogP contribution in [0.3, 0.4) is 0 Å². The number of carbonyl (C=O) groups is 1. The van der Waals surface area contributed by atoms with E-state index in [4.69, 9.17) is 5.73 Å². The lowest BCUT2D eigenvalue weighted by atomic mass is 10.1. The third-order valence-corrected chi connectivity index (χ3v) is 5.40. The van der Waals surface area contributed by atoms with E-state index in [1.165, 1.54) is 17.8 Å². The van der Waals surface area contributed by atoms with Crippen molar-refractivity contribution in [1.29, 1.82) is 0 Å². The number of nitrogens with zero attached hydrogens (tertiary/aromatic N) is 2. The van der Waals surface area contributed by atoms with Gasteiger partial charge >= 0.3 is 0 Å². The summed E-state index contributed by atoms with van der Waals surface area (Å²) in [7, 11) is 0. The smallest absolute Gasteiger partial charge is 0.265 e. The summed E-state index contributed by atoms with van der Waals surface area (Å²) in [6, 6.07) is 0.289. The first-order valence-electron chi connectivity index (χ1n) is 7.66. The van der Waals surface area contributed by atoms with Crippen LogP contribution in [-0.2, 0) is 0 Å². The Bertz CT molecular complexity index is 511. The van der Waals surface area contributed by atoms with Crippen molar-refractivity contribution >= 4 is 28.2 Å². The van der Waals surface area contributed by atoms with Gasteiger partial charge in [0.05, 0.1) is 0 Å². The number of nitrogen functional groups attached to an aromatic ring is 1. The molecule has 21 heavy (non-hydrogen) atoms. The van der Waals surface area contributed by atoms with Crippen molar-refractivity contribution in [1.82, 2.24) is 15.6 Å². The van der Waals surface area contributed by atoms with Crippen molar-refractivity contribution < 1.29 is 4.79 Å². The minimum Gasteiger partial charge on any atom is -0.382 e. The maximum absolute atomic E-state index is 12.4. The van der Waals surface area contributed by atoms with Gasteiger partial charge in [-0.15, -0.1) is 0 Å². The van der Waals surface area contributed by atoms with Crippen LogP contribution in [0.5, 0.6) is 0 Å². The van der Waals surface area contributed by atoms with Gasteiger partial charge in [0.1, 0.15) is 10.7 Å². The monoisotopic (exact) mass is 309 g/mol. The number of hydrogen-bond acceptors (Lipinski definition) is 6. The molecule has 1 saturated heterocycles. The van der Waals surface area contributed by atoms with Crippen LogP contribution in [0.2, 0.25) is 0 Å². The number of hydrogen-bond donors (Lipinski definition) is 3. The SMILES string of the molecule is CC1CCC(NC(=O)c2sc(N3CCNCC3)nc2N)C1. The summed E-state index contributed by atoms with van der Waals surface area (Å²) in [5.74, 6) is 0.994.